The highest BCUT2D eigenvalue weighted by Crippen LogP contribution is 2.34. The van der Waals surface area contributed by atoms with Gasteiger partial charge in [-0.25, -0.2) is 0 Å². The molecule has 0 fully saturated rings. The number of amides is 2. The number of rotatable bonds is 13. The molecule has 39 heavy (non-hydrogen) atoms. The zero-order chi connectivity index (χ0) is 28.4. The van der Waals surface area contributed by atoms with Crippen molar-refractivity contribution in [3.8, 4) is 11.1 Å². The summed E-state index contributed by atoms with van der Waals surface area (Å²) >= 11 is 0. The number of hydrogen-bond donors (Lipinski definition) is 5. The van der Waals surface area contributed by atoms with Gasteiger partial charge in [-0.05, 0) is 51.8 Å². The Morgan fingerprint density at radius 1 is 0.897 bits per heavy atom. The van der Waals surface area contributed by atoms with Crippen LogP contribution in [0.3, 0.4) is 0 Å². The largest absolute Gasteiger partial charge is 0.481 e. The molecule has 0 aliphatic carbocycles. The van der Waals surface area contributed by atoms with Crippen LogP contribution in [0.25, 0.3) is 21.9 Å². The van der Waals surface area contributed by atoms with Gasteiger partial charge in [-0.1, -0.05) is 74.5 Å². The van der Waals surface area contributed by atoms with Gasteiger partial charge in [0.1, 0.15) is 0 Å². The molecule has 3 rings (SSSR count). The Morgan fingerprint density at radius 3 is 2.23 bits per heavy atom. The van der Waals surface area contributed by atoms with Crippen molar-refractivity contribution in [1.29, 1.82) is 0 Å². The number of aliphatic imine (C=N–C) groups is 1. The number of carboxylic acids is 1. The maximum atomic E-state index is 12.5. The summed E-state index contributed by atoms with van der Waals surface area (Å²) in [5.41, 5.74) is 14.6. The topological polar surface area (TPSA) is 160 Å². The molecule has 0 heterocycles. The van der Waals surface area contributed by atoms with Crippen molar-refractivity contribution in [2.75, 3.05) is 13.1 Å². The quantitative estimate of drug-likeness (QED) is 0.128. The zero-order valence-corrected chi connectivity index (χ0v) is 22.4. The third-order valence-corrected chi connectivity index (χ3v) is 6.47. The van der Waals surface area contributed by atoms with E-state index in [2.05, 4.69) is 53.7 Å². The van der Waals surface area contributed by atoms with E-state index in [1.807, 2.05) is 36.4 Å². The van der Waals surface area contributed by atoms with Crippen LogP contribution in [0.2, 0.25) is 0 Å². The predicted molar refractivity (Wildman–Crippen MR) is 154 cm³/mol. The molecule has 0 saturated heterocycles. The summed E-state index contributed by atoms with van der Waals surface area (Å²) in [7, 11) is 0. The van der Waals surface area contributed by atoms with Crippen molar-refractivity contribution >= 4 is 34.5 Å². The van der Waals surface area contributed by atoms with E-state index in [1.54, 1.807) is 0 Å². The molecule has 0 bridgehead atoms. The normalized spacial score (nSPS) is 11.7. The summed E-state index contributed by atoms with van der Waals surface area (Å²) in [6, 6.07) is 19.4. The Kier molecular flexibility index (Phi) is 10.4. The standard InChI is InChI=1S/C30H37N5O4/c1-19(2)22-14-15-23(25-8-4-3-7-24(22)25)20-10-12-21(13-11-20)26(17-29(38)39)35-28(37)18-34-27(36)9-5-6-16-33-30(31)32/h3-4,7-8,10-15,19,26H,5-6,9,16-18H2,1-2H3,(H,34,36)(H,35,37)(H,38,39)(H4,31,32,33)/t26-/m0/s1. The molecule has 3 aromatic carbocycles. The number of hydrogen-bond acceptors (Lipinski definition) is 4. The number of nitrogens with two attached hydrogens (primary N) is 2. The molecule has 9 nitrogen and oxygen atoms in total. The molecule has 0 aromatic heterocycles. The zero-order valence-electron chi connectivity index (χ0n) is 22.4. The Morgan fingerprint density at radius 2 is 1.59 bits per heavy atom. The van der Waals surface area contributed by atoms with Gasteiger partial charge >= 0.3 is 5.97 Å². The van der Waals surface area contributed by atoms with Crippen LogP contribution in [0, 0.1) is 0 Å². The van der Waals surface area contributed by atoms with E-state index >= 15 is 0 Å². The average Bonchev–Trinajstić information content (AvgIpc) is 2.90. The molecule has 0 aliphatic heterocycles. The Hall–Kier alpha value is -4.40. The van der Waals surface area contributed by atoms with Crippen molar-refractivity contribution in [1.82, 2.24) is 10.6 Å². The van der Waals surface area contributed by atoms with Gasteiger partial charge in [0.2, 0.25) is 11.8 Å². The first-order valence-electron chi connectivity index (χ1n) is 13.1. The summed E-state index contributed by atoms with van der Waals surface area (Å²) in [5, 5.41) is 17.1. The van der Waals surface area contributed by atoms with Gasteiger partial charge in [-0.2, -0.15) is 0 Å². The Labute approximate surface area is 228 Å². The molecule has 2 amide bonds. The fourth-order valence-corrected chi connectivity index (χ4v) is 4.52. The number of carboxylic acid groups (broad SMARTS) is 1. The van der Waals surface area contributed by atoms with Crippen LogP contribution in [-0.4, -0.2) is 41.9 Å². The SMILES string of the molecule is CC(C)c1ccc(-c2ccc([C@H](CC(=O)O)NC(=O)CNC(=O)CCCCN=C(N)N)cc2)c2ccccc12. The monoisotopic (exact) mass is 531 g/mol. The minimum absolute atomic E-state index is 0.00969. The van der Waals surface area contributed by atoms with Gasteiger partial charge in [-0.3, -0.25) is 19.4 Å². The summed E-state index contributed by atoms with van der Waals surface area (Å²) in [4.78, 5) is 39.9. The van der Waals surface area contributed by atoms with Crippen LogP contribution in [0.1, 0.15) is 62.6 Å². The maximum Gasteiger partial charge on any atom is 0.305 e. The molecule has 0 unspecified atom stereocenters. The van der Waals surface area contributed by atoms with Crippen molar-refractivity contribution < 1.29 is 19.5 Å². The van der Waals surface area contributed by atoms with Gasteiger partial charge < -0.3 is 27.2 Å². The third kappa shape index (κ3) is 8.56. The van der Waals surface area contributed by atoms with Gasteiger partial charge in [0.05, 0.1) is 19.0 Å². The first kappa shape index (κ1) is 29.2. The van der Waals surface area contributed by atoms with Gasteiger partial charge in [0.15, 0.2) is 5.96 Å². The van der Waals surface area contributed by atoms with E-state index in [-0.39, 0.29) is 31.3 Å². The number of carbonyl (C=O) groups is 3. The molecule has 1 atom stereocenters. The molecular weight excluding hydrogens is 494 g/mol. The van der Waals surface area contributed by atoms with Crippen LogP contribution in [-0.2, 0) is 14.4 Å². The van der Waals surface area contributed by atoms with Crippen molar-refractivity contribution in [3.63, 3.8) is 0 Å². The molecule has 3 aromatic rings. The van der Waals surface area contributed by atoms with Gasteiger partial charge in [0.25, 0.3) is 0 Å². The summed E-state index contributed by atoms with van der Waals surface area (Å²) in [6.07, 6.45) is 1.18. The van der Waals surface area contributed by atoms with Crippen LogP contribution < -0.4 is 22.1 Å². The summed E-state index contributed by atoms with van der Waals surface area (Å²) < 4.78 is 0. The third-order valence-electron chi connectivity index (χ3n) is 6.47. The first-order valence-corrected chi connectivity index (χ1v) is 13.1. The molecule has 7 N–H and O–H groups in total. The molecule has 0 aliphatic rings. The molecule has 9 heteroatoms. The van der Waals surface area contributed by atoms with Crippen molar-refractivity contribution in [3.05, 3.63) is 71.8 Å². The maximum absolute atomic E-state index is 12.5. The number of aliphatic carboxylic acids is 1. The predicted octanol–water partition coefficient (Wildman–Crippen LogP) is 3.82. The Bertz CT molecular complexity index is 1330. The van der Waals surface area contributed by atoms with E-state index in [0.29, 0.717) is 30.9 Å². The highest BCUT2D eigenvalue weighted by molar-refractivity contribution is 5.98. The van der Waals surface area contributed by atoms with Gasteiger partial charge in [0, 0.05) is 13.0 Å². The highest BCUT2D eigenvalue weighted by atomic mass is 16.4. The second kappa shape index (κ2) is 13.9. The summed E-state index contributed by atoms with van der Waals surface area (Å²) in [5.74, 6) is -1.37. The fourth-order valence-electron chi connectivity index (χ4n) is 4.52. The lowest BCUT2D eigenvalue weighted by Gasteiger charge is -2.19. The van der Waals surface area contributed by atoms with Crippen LogP contribution >= 0.6 is 0 Å². The van der Waals surface area contributed by atoms with E-state index in [0.717, 1.165) is 16.5 Å². The molecule has 0 spiro atoms. The van der Waals surface area contributed by atoms with Crippen molar-refractivity contribution in [2.45, 2.75) is 51.5 Å². The minimum Gasteiger partial charge on any atom is -0.481 e. The number of unbranched alkanes of at least 4 members (excludes halogenated alkanes) is 1. The average molecular weight is 532 g/mol. The lowest BCUT2D eigenvalue weighted by Crippen LogP contribution is -2.39. The van der Waals surface area contributed by atoms with Crippen LogP contribution in [0.15, 0.2) is 65.7 Å². The lowest BCUT2D eigenvalue weighted by molar-refractivity contribution is -0.138. The van der Waals surface area contributed by atoms with Crippen LogP contribution in [0.5, 0.6) is 0 Å². The molecule has 0 radical (unpaired) electrons. The minimum atomic E-state index is -1.04. The number of fused-ring (bicyclic) bond motifs is 1. The number of nitrogens with one attached hydrogen (secondary N) is 2. The second-order valence-electron chi connectivity index (χ2n) is 9.78. The number of guanidine groups is 1. The van der Waals surface area contributed by atoms with E-state index < -0.39 is 17.9 Å². The van der Waals surface area contributed by atoms with E-state index in [9.17, 15) is 19.5 Å². The number of carbonyl (C=O) groups excluding carboxylic acids is 2. The molecular formula is C30H37N5O4. The lowest BCUT2D eigenvalue weighted by atomic mass is 9.90. The number of nitrogens with zero attached hydrogens (tertiary/aromatic N) is 1. The van der Waals surface area contributed by atoms with E-state index in [1.165, 1.54) is 10.9 Å². The highest BCUT2D eigenvalue weighted by Gasteiger charge is 2.19. The number of benzene rings is 3. The fraction of sp³-hybridized carbons (Fsp3) is 0.333. The summed E-state index contributed by atoms with van der Waals surface area (Å²) in [6.45, 7) is 4.55. The van der Waals surface area contributed by atoms with Crippen molar-refractivity contribution in [2.24, 2.45) is 16.5 Å². The Balaban J connectivity index is 1.66. The van der Waals surface area contributed by atoms with E-state index in [4.69, 9.17) is 11.5 Å². The van der Waals surface area contributed by atoms with Crippen LogP contribution in [0.4, 0.5) is 0 Å². The molecule has 206 valence electrons. The molecule has 0 saturated carbocycles. The smallest absolute Gasteiger partial charge is 0.305 e. The van der Waals surface area contributed by atoms with Gasteiger partial charge in [-0.15, -0.1) is 0 Å². The first-order chi connectivity index (χ1) is 18.7. The second-order valence-corrected chi connectivity index (χ2v) is 9.78.